The molecule has 2 aromatic rings. The number of fused-ring (bicyclic) bond motifs is 1. The number of imide groups is 1. The summed E-state index contributed by atoms with van der Waals surface area (Å²) in [5.41, 5.74) is 5.69. The van der Waals surface area contributed by atoms with Crippen LogP contribution in [0.15, 0.2) is 53.1 Å². The Morgan fingerprint density at radius 2 is 1.76 bits per heavy atom. The van der Waals surface area contributed by atoms with Crippen molar-refractivity contribution in [2.45, 2.75) is 66.4 Å². The van der Waals surface area contributed by atoms with Gasteiger partial charge in [0.15, 0.2) is 0 Å². The van der Waals surface area contributed by atoms with Crippen LogP contribution in [-0.2, 0) is 9.59 Å². The van der Waals surface area contributed by atoms with Gasteiger partial charge >= 0.3 is 7.12 Å². The smallest absolute Gasteiger partial charge is 0.488 e. The lowest BCUT2D eigenvalue weighted by Crippen LogP contribution is -2.40. The fourth-order valence-electron chi connectivity index (χ4n) is 6.66. The highest BCUT2D eigenvalue weighted by atomic mass is 16.4. The molecule has 1 aliphatic carbocycles. The van der Waals surface area contributed by atoms with Gasteiger partial charge in [0, 0.05) is 5.92 Å². The highest BCUT2D eigenvalue weighted by molar-refractivity contribution is 6.58. The van der Waals surface area contributed by atoms with Crippen molar-refractivity contribution in [3.63, 3.8) is 0 Å². The highest BCUT2D eigenvalue weighted by Gasteiger charge is 2.55. The second-order valence-electron chi connectivity index (χ2n) is 12.0. The van der Waals surface area contributed by atoms with Crippen molar-refractivity contribution >= 4 is 36.2 Å². The van der Waals surface area contributed by atoms with E-state index < -0.39 is 36.9 Å². The summed E-state index contributed by atoms with van der Waals surface area (Å²) in [6.45, 7) is 9.39. The number of amides is 2. The third-order valence-corrected chi connectivity index (χ3v) is 8.88. The Labute approximate surface area is 248 Å². The van der Waals surface area contributed by atoms with Gasteiger partial charge in [0.25, 0.3) is 0 Å². The van der Waals surface area contributed by atoms with Gasteiger partial charge < -0.3 is 25.4 Å². The molecule has 42 heavy (non-hydrogen) atoms. The maximum absolute atomic E-state index is 13.8. The highest BCUT2D eigenvalue weighted by Crippen LogP contribution is 2.48. The Kier molecular flexibility index (Phi) is 9.78. The lowest BCUT2D eigenvalue weighted by atomic mass is 9.66. The summed E-state index contributed by atoms with van der Waals surface area (Å²) in [7, 11) is -1.75. The first-order valence-corrected chi connectivity index (χ1v) is 14.7. The molecule has 1 saturated heterocycles. The van der Waals surface area contributed by atoms with Gasteiger partial charge in [-0.2, -0.15) is 0 Å². The minimum atomic E-state index is -1.75. The predicted octanol–water partition coefficient (Wildman–Crippen LogP) is 3.39. The van der Waals surface area contributed by atoms with Crippen LogP contribution in [0.2, 0.25) is 0 Å². The Hall–Kier alpha value is -3.24. The van der Waals surface area contributed by atoms with Crippen LogP contribution in [0, 0.1) is 37.5 Å². The second kappa shape index (κ2) is 13.0. The quantitative estimate of drug-likeness (QED) is 0.166. The third-order valence-electron chi connectivity index (χ3n) is 8.88. The van der Waals surface area contributed by atoms with Crippen molar-refractivity contribution < 1.29 is 35.0 Å². The first-order valence-electron chi connectivity index (χ1n) is 14.7. The first-order chi connectivity index (χ1) is 19.9. The number of benzene rings is 2. The van der Waals surface area contributed by atoms with E-state index in [-0.39, 0.29) is 35.3 Å². The minimum absolute atomic E-state index is 0.00130. The Morgan fingerprint density at radius 3 is 2.33 bits per heavy atom. The number of rotatable bonds is 10. The molecule has 2 aromatic carbocycles. The van der Waals surface area contributed by atoms with Crippen LogP contribution in [0.4, 0.5) is 5.69 Å². The number of hydrogen-bond donors (Lipinski definition) is 5. The van der Waals surface area contributed by atoms with Crippen molar-refractivity contribution in [3.05, 3.63) is 69.8 Å². The molecule has 224 valence electrons. The molecule has 8 nitrogen and oxygen atoms in total. The standard InChI is InChI=1S/C33H42BNO7/c1-6-21(14-22-12-19(4)31(38)20(5)13-22)10-11-28(37)29-25(18(2)3)16-26-30(27(29)17-36)33(40)35(32(26)39)24-9-7-8-23(15-24)34(41)42/h7-9,12-15,18,26-28,30,36-38,41-42H,6,10-11,16-17H2,1-5H3/b21-14+/t26-,27+,28-,30-/m1/s1. The van der Waals surface area contributed by atoms with E-state index in [0.29, 0.717) is 24.8 Å². The molecule has 9 heteroatoms. The van der Waals surface area contributed by atoms with E-state index in [4.69, 9.17) is 0 Å². The Bertz CT molecular complexity index is 1390. The topological polar surface area (TPSA) is 139 Å². The molecule has 0 radical (unpaired) electrons. The van der Waals surface area contributed by atoms with E-state index in [1.54, 1.807) is 12.1 Å². The predicted molar refractivity (Wildman–Crippen MR) is 164 cm³/mol. The van der Waals surface area contributed by atoms with Gasteiger partial charge in [0.05, 0.1) is 30.2 Å². The number of phenols is 1. The van der Waals surface area contributed by atoms with Gasteiger partial charge in [-0.3, -0.25) is 14.5 Å². The number of allylic oxidation sites excluding steroid dienone is 2. The molecule has 0 bridgehead atoms. The molecule has 0 aromatic heterocycles. The summed E-state index contributed by atoms with van der Waals surface area (Å²) in [6, 6.07) is 9.91. The second-order valence-corrected chi connectivity index (χ2v) is 12.0. The zero-order chi connectivity index (χ0) is 30.9. The van der Waals surface area contributed by atoms with Crippen LogP contribution in [0.3, 0.4) is 0 Å². The van der Waals surface area contributed by atoms with Crippen molar-refractivity contribution in [1.82, 2.24) is 0 Å². The average Bonchev–Trinajstić information content (AvgIpc) is 3.21. The van der Waals surface area contributed by atoms with Crippen LogP contribution in [0.1, 0.15) is 63.1 Å². The number of aryl methyl sites for hydroxylation is 2. The molecule has 0 spiro atoms. The van der Waals surface area contributed by atoms with Gasteiger partial charge in [-0.05, 0) is 97.4 Å². The number of aromatic hydroxyl groups is 1. The molecule has 1 aliphatic heterocycles. The molecule has 4 rings (SSSR count). The van der Waals surface area contributed by atoms with Gasteiger partial charge in [0.2, 0.25) is 11.8 Å². The maximum atomic E-state index is 13.8. The van der Waals surface area contributed by atoms with E-state index in [9.17, 15) is 35.0 Å². The number of carbonyl (C=O) groups is 2. The van der Waals surface area contributed by atoms with Crippen LogP contribution in [-0.4, -0.2) is 57.0 Å². The molecule has 4 atom stereocenters. The molecule has 0 saturated carbocycles. The van der Waals surface area contributed by atoms with E-state index in [2.05, 4.69) is 13.0 Å². The number of aliphatic hydroxyl groups excluding tert-OH is 2. The SMILES string of the molecule is CC/C(=C\c1cc(C)c(O)c(C)c1)CC[C@@H](O)C1=C(C(C)C)C[C@H]2C(=O)N(c3cccc(B(O)O)c3)C(=O)[C@H]2[C@H]1CO. The number of phenolic OH excluding ortho intramolecular Hbond substituents is 1. The van der Waals surface area contributed by atoms with Gasteiger partial charge in [0.1, 0.15) is 5.75 Å². The molecule has 2 aliphatic rings. The van der Waals surface area contributed by atoms with Crippen LogP contribution in [0.5, 0.6) is 5.75 Å². The Morgan fingerprint density at radius 1 is 1.10 bits per heavy atom. The maximum Gasteiger partial charge on any atom is 0.488 e. The molecule has 1 fully saturated rings. The summed E-state index contributed by atoms with van der Waals surface area (Å²) in [4.78, 5) is 28.5. The first kappa shape index (κ1) is 31.7. The lowest BCUT2D eigenvalue weighted by molar-refractivity contribution is -0.123. The van der Waals surface area contributed by atoms with Gasteiger partial charge in [-0.25, -0.2) is 0 Å². The summed E-state index contributed by atoms with van der Waals surface area (Å²) in [5, 5.41) is 51.5. The van der Waals surface area contributed by atoms with E-state index in [0.717, 1.165) is 39.2 Å². The average molecular weight is 576 g/mol. The van der Waals surface area contributed by atoms with Crippen molar-refractivity contribution in [3.8, 4) is 5.75 Å². The number of carbonyl (C=O) groups excluding carboxylic acids is 2. The molecular weight excluding hydrogens is 533 g/mol. The van der Waals surface area contributed by atoms with Crippen molar-refractivity contribution in [2.24, 2.45) is 23.7 Å². The van der Waals surface area contributed by atoms with Crippen LogP contribution in [0.25, 0.3) is 6.08 Å². The number of hydrogen-bond acceptors (Lipinski definition) is 7. The van der Waals surface area contributed by atoms with E-state index >= 15 is 0 Å². The van der Waals surface area contributed by atoms with Crippen molar-refractivity contribution in [2.75, 3.05) is 11.5 Å². The molecule has 5 N–H and O–H groups in total. The molecular formula is C33H42BNO7. The normalized spacial score (nSPS) is 21.8. The number of anilines is 1. The fraction of sp³-hybridized carbons (Fsp3) is 0.455. The van der Waals surface area contributed by atoms with Gasteiger partial charge in [-0.1, -0.05) is 50.1 Å². The van der Waals surface area contributed by atoms with Crippen LogP contribution < -0.4 is 10.4 Å². The molecule has 1 heterocycles. The summed E-state index contributed by atoms with van der Waals surface area (Å²) in [5.74, 6) is -2.74. The largest absolute Gasteiger partial charge is 0.507 e. The number of nitrogens with zero attached hydrogens (tertiary/aromatic N) is 1. The minimum Gasteiger partial charge on any atom is -0.507 e. The fourth-order valence-corrected chi connectivity index (χ4v) is 6.66. The monoisotopic (exact) mass is 575 g/mol. The third kappa shape index (κ3) is 6.11. The van der Waals surface area contributed by atoms with Crippen LogP contribution >= 0.6 is 0 Å². The molecule has 0 unspecified atom stereocenters. The zero-order valence-electron chi connectivity index (χ0n) is 25.0. The zero-order valence-corrected chi connectivity index (χ0v) is 25.0. The number of aliphatic hydroxyl groups is 2. The van der Waals surface area contributed by atoms with E-state index in [1.807, 2.05) is 39.8 Å². The summed E-state index contributed by atoms with van der Waals surface area (Å²) in [6.07, 6.45) is 3.28. The van der Waals surface area contributed by atoms with E-state index in [1.165, 1.54) is 12.1 Å². The Balaban J connectivity index is 1.62. The lowest BCUT2D eigenvalue weighted by Gasteiger charge is -2.38. The molecule has 2 amide bonds. The summed E-state index contributed by atoms with van der Waals surface area (Å²) < 4.78 is 0. The summed E-state index contributed by atoms with van der Waals surface area (Å²) >= 11 is 0. The van der Waals surface area contributed by atoms with Crippen molar-refractivity contribution in [1.29, 1.82) is 0 Å². The van der Waals surface area contributed by atoms with Gasteiger partial charge in [-0.15, -0.1) is 0 Å².